The second-order valence-electron chi connectivity index (χ2n) is 24.5. The molecule has 1 unspecified atom stereocenters. The predicted octanol–water partition coefficient (Wildman–Crippen LogP) is 25.2. The normalized spacial score (nSPS) is 12.5. The topological polar surface area (TPSA) is 78.9 Å². The third-order valence-electron chi connectivity index (χ3n) is 16.2. The number of hydrogen-bond donors (Lipinski definition) is 0. The highest BCUT2D eigenvalue weighted by molar-refractivity contribution is 5.71. The van der Waals surface area contributed by atoms with Crippen molar-refractivity contribution in [2.24, 2.45) is 0 Å². The molecule has 6 nitrogen and oxygen atoms in total. The summed E-state index contributed by atoms with van der Waals surface area (Å²) in [5, 5.41) is 0. The quantitative estimate of drug-likeness (QED) is 0.0261. The van der Waals surface area contributed by atoms with Crippen molar-refractivity contribution in [2.75, 3.05) is 13.2 Å². The summed E-state index contributed by atoms with van der Waals surface area (Å²) in [4.78, 5) is 38.4. The summed E-state index contributed by atoms with van der Waals surface area (Å²) < 4.78 is 17.0. The Morgan fingerprint density at radius 2 is 0.470 bits per heavy atom. The van der Waals surface area contributed by atoms with E-state index >= 15 is 0 Å². The Morgan fingerprint density at radius 3 is 0.759 bits per heavy atom. The Kier molecular flexibility index (Phi) is 68.6. The lowest BCUT2D eigenvalue weighted by atomic mass is 10.0. The van der Waals surface area contributed by atoms with Crippen molar-refractivity contribution in [2.45, 2.75) is 386 Å². The van der Waals surface area contributed by atoms with Crippen LogP contribution in [0.3, 0.4) is 0 Å². The minimum absolute atomic E-state index is 0.0704. The van der Waals surface area contributed by atoms with Crippen LogP contribution < -0.4 is 0 Å². The summed E-state index contributed by atoms with van der Waals surface area (Å²) in [5.41, 5.74) is 0. The molecular formula is C77H138O6. The monoisotopic (exact) mass is 1160 g/mol. The predicted molar refractivity (Wildman–Crippen MR) is 362 cm³/mol. The third-order valence-corrected chi connectivity index (χ3v) is 16.2. The second-order valence-corrected chi connectivity index (χ2v) is 24.5. The molecule has 0 N–H and O–H groups in total. The lowest BCUT2D eigenvalue weighted by Gasteiger charge is -2.18. The summed E-state index contributed by atoms with van der Waals surface area (Å²) >= 11 is 0. The van der Waals surface area contributed by atoms with Crippen molar-refractivity contribution < 1.29 is 28.6 Å². The van der Waals surface area contributed by atoms with Gasteiger partial charge in [0.05, 0.1) is 0 Å². The zero-order chi connectivity index (χ0) is 59.9. The van der Waals surface area contributed by atoms with Gasteiger partial charge in [-0.25, -0.2) is 0 Å². The van der Waals surface area contributed by atoms with E-state index in [0.29, 0.717) is 19.3 Å². The first-order valence-corrected chi connectivity index (χ1v) is 36.4. The zero-order valence-electron chi connectivity index (χ0n) is 55.5. The highest BCUT2D eigenvalue weighted by Gasteiger charge is 2.19. The van der Waals surface area contributed by atoms with Gasteiger partial charge in [-0.05, 0) is 89.9 Å². The number of rotatable bonds is 67. The molecule has 0 aliphatic carbocycles. The SMILES string of the molecule is CC/C=C\C/C=C\C/C=C\C/C=C\CCCCCCCCCCCCCCCCCCCCCCCCC(=O)OCC(COC(=O)CCCCCCCCCCCCC)OC(=O)CCCCCCCCCCC/C=C\C/C=C\CCCCC. The van der Waals surface area contributed by atoms with Crippen LogP contribution in [0.4, 0.5) is 0 Å². The number of ether oxygens (including phenoxy) is 3. The lowest BCUT2D eigenvalue weighted by molar-refractivity contribution is -0.167. The molecule has 0 aromatic rings. The first-order chi connectivity index (χ1) is 41.0. The van der Waals surface area contributed by atoms with Crippen molar-refractivity contribution in [1.29, 1.82) is 0 Å². The molecule has 0 aliphatic heterocycles. The van der Waals surface area contributed by atoms with Crippen molar-refractivity contribution >= 4 is 17.9 Å². The van der Waals surface area contributed by atoms with Crippen molar-refractivity contribution in [3.8, 4) is 0 Å². The molecule has 1 atom stereocenters. The van der Waals surface area contributed by atoms with Gasteiger partial charge >= 0.3 is 17.9 Å². The Labute approximate surface area is 516 Å². The van der Waals surface area contributed by atoms with E-state index in [0.717, 1.165) is 89.9 Å². The fraction of sp³-hybridized carbons (Fsp3) is 0.805. The molecule has 0 saturated carbocycles. The van der Waals surface area contributed by atoms with E-state index in [1.165, 1.54) is 250 Å². The number of unbranched alkanes of at least 4 members (excludes halogenated alkanes) is 44. The van der Waals surface area contributed by atoms with Gasteiger partial charge < -0.3 is 14.2 Å². The van der Waals surface area contributed by atoms with Crippen LogP contribution in [0.5, 0.6) is 0 Å². The Bertz CT molecular complexity index is 1520. The smallest absolute Gasteiger partial charge is 0.306 e. The van der Waals surface area contributed by atoms with Crippen molar-refractivity contribution in [1.82, 2.24) is 0 Å². The maximum Gasteiger partial charge on any atom is 0.306 e. The maximum absolute atomic E-state index is 12.9. The van der Waals surface area contributed by atoms with Crippen LogP contribution in [0, 0.1) is 0 Å². The largest absolute Gasteiger partial charge is 0.462 e. The van der Waals surface area contributed by atoms with Crippen molar-refractivity contribution in [3.05, 3.63) is 72.9 Å². The van der Waals surface area contributed by atoms with E-state index in [9.17, 15) is 14.4 Å². The van der Waals surface area contributed by atoms with E-state index in [-0.39, 0.29) is 31.1 Å². The van der Waals surface area contributed by atoms with Gasteiger partial charge in [0.2, 0.25) is 0 Å². The van der Waals surface area contributed by atoms with Gasteiger partial charge in [0.1, 0.15) is 13.2 Å². The van der Waals surface area contributed by atoms with Crippen LogP contribution in [0.15, 0.2) is 72.9 Å². The molecule has 0 heterocycles. The average molecular weight is 1160 g/mol. The molecule has 0 aromatic heterocycles. The molecule has 0 bridgehead atoms. The fourth-order valence-electron chi connectivity index (χ4n) is 10.8. The molecule has 6 heteroatoms. The molecule has 83 heavy (non-hydrogen) atoms. The van der Waals surface area contributed by atoms with Crippen LogP contribution in [0.25, 0.3) is 0 Å². The van der Waals surface area contributed by atoms with E-state index in [4.69, 9.17) is 14.2 Å². The summed E-state index contributed by atoms with van der Waals surface area (Å²) in [6, 6.07) is 0. The molecule has 0 rings (SSSR count). The maximum atomic E-state index is 12.9. The van der Waals surface area contributed by atoms with Crippen LogP contribution in [-0.4, -0.2) is 37.2 Å². The number of carbonyl (C=O) groups is 3. The van der Waals surface area contributed by atoms with Gasteiger partial charge in [-0.2, -0.15) is 0 Å². The summed E-state index contributed by atoms with van der Waals surface area (Å²) in [7, 11) is 0. The van der Waals surface area contributed by atoms with E-state index in [2.05, 4.69) is 93.7 Å². The van der Waals surface area contributed by atoms with Crippen LogP contribution >= 0.6 is 0 Å². The third kappa shape index (κ3) is 69.5. The second kappa shape index (κ2) is 71.3. The molecule has 0 spiro atoms. The molecule has 0 fully saturated rings. The van der Waals surface area contributed by atoms with E-state index in [1.54, 1.807) is 0 Å². The van der Waals surface area contributed by atoms with E-state index in [1.807, 2.05) is 0 Å². The van der Waals surface area contributed by atoms with Gasteiger partial charge in [-0.1, -0.05) is 344 Å². The number of allylic oxidation sites excluding steroid dienone is 12. The minimum atomic E-state index is -0.774. The molecular weight excluding hydrogens is 1020 g/mol. The van der Waals surface area contributed by atoms with Gasteiger partial charge in [0.15, 0.2) is 6.10 Å². The Balaban J connectivity index is 4.07. The van der Waals surface area contributed by atoms with E-state index < -0.39 is 6.10 Å². The fourth-order valence-corrected chi connectivity index (χ4v) is 10.8. The van der Waals surface area contributed by atoms with Crippen LogP contribution in [0.1, 0.15) is 380 Å². The first kappa shape index (κ1) is 79.8. The number of hydrogen-bond acceptors (Lipinski definition) is 6. The standard InChI is InChI=1S/C77H138O6/c1-4-7-10-13-16-19-22-24-26-28-30-31-32-33-34-35-36-37-38-39-40-41-42-43-44-45-47-48-50-52-55-58-61-64-67-70-76(79)82-73-74(72-81-75(78)69-66-63-60-57-54-21-18-15-12-9-6-3)83-77(80)71-68-65-62-59-56-53-51-49-46-29-27-25-23-20-17-14-11-8-5-2/h7,10,16-17,19-20,24-27,30-31,74H,4-6,8-9,11-15,18,21-23,28-29,32-73H2,1-3H3/b10-7-,19-16-,20-17-,26-24-,27-25-,31-30-. The molecule has 482 valence electrons. The number of esters is 3. The molecule has 0 amide bonds. The summed E-state index contributed by atoms with van der Waals surface area (Å²) in [6.45, 7) is 6.55. The lowest BCUT2D eigenvalue weighted by Crippen LogP contribution is -2.30. The Morgan fingerprint density at radius 1 is 0.253 bits per heavy atom. The molecule has 0 aromatic carbocycles. The van der Waals surface area contributed by atoms with Gasteiger partial charge in [0, 0.05) is 19.3 Å². The molecule has 0 aliphatic rings. The zero-order valence-corrected chi connectivity index (χ0v) is 55.5. The minimum Gasteiger partial charge on any atom is -0.462 e. The number of carbonyl (C=O) groups excluding carboxylic acids is 3. The van der Waals surface area contributed by atoms with Gasteiger partial charge in [0.25, 0.3) is 0 Å². The Hall–Kier alpha value is -3.15. The molecule has 0 saturated heterocycles. The van der Waals surface area contributed by atoms with Crippen LogP contribution in [0.2, 0.25) is 0 Å². The highest BCUT2D eigenvalue weighted by atomic mass is 16.6. The highest BCUT2D eigenvalue weighted by Crippen LogP contribution is 2.18. The van der Waals surface area contributed by atoms with Crippen LogP contribution in [-0.2, 0) is 28.6 Å². The van der Waals surface area contributed by atoms with Crippen molar-refractivity contribution in [3.63, 3.8) is 0 Å². The summed E-state index contributed by atoms with van der Waals surface area (Å²) in [6.07, 6.45) is 93.8. The summed E-state index contributed by atoms with van der Waals surface area (Å²) in [5.74, 6) is -0.851. The first-order valence-electron chi connectivity index (χ1n) is 36.4. The average Bonchev–Trinajstić information content (AvgIpc) is 3.48. The van der Waals surface area contributed by atoms with Gasteiger partial charge in [-0.15, -0.1) is 0 Å². The molecule has 0 radical (unpaired) electrons. The van der Waals surface area contributed by atoms with Gasteiger partial charge in [-0.3, -0.25) is 14.4 Å².